The molecule has 2 N–H and O–H groups in total. The highest BCUT2D eigenvalue weighted by molar-refractivity contribution is 6.35. The second-order valence-electron chi connectivity index (χ2n) is 6.81. The summed E-state index contributed by atoms with van der Waals surface area (Å²) in [5, 5.41) is 1.78. The molecule has 0 amide bonds. The zero-order chi connectivity index (χ0) is 17.2. The lowest BCUT2D eigenvalue weighted by molar-refractivity contribution is 0.318. The fraction of sp³-hybridized carbons (Fsp3) is 0.286. The van der Waals surface area contributed by atoms with E-state index >= 15 is 0 Å². The quantitative estimate of drug-likeness (QED) is 0.770. The fourth-order valence-corrected chi connectivity index (χ4v) is 4.19. The van der Waals surface area contributed by atoms with Gasteiger partial charge in [0.25, 0.3) is 0 Å². The first-order valence-electron chi connectivity index (χ1n) is 8.75. The van der Waals surface area contributed by atoms with Gasteiger partial charge in [-0.1, -0.05) is 48.0 Å². The Balaban J connectivity index is 1.59. The second kappa shape index (κ2) is 7.12. The summed E-state index contributed by atoms with van der Waals surface area (Å²) in [4.78, 5) is 7.06. The average Bonchev–Trinajstić information content (AvgIpc) is 3.08. The van der Waals surface area contributed by atoms with Crippen LogP contribution in [-0.4, -0.2) is 29.5 Å². The van der Waals surface area contributed by atoms with Crippen molar-refractivity contribution in [2.75, 3.05) is 19.6 Å². The van der Waals surface area contributed by atoms with E-state index in [-0.39, 0.29) is 0 Å². The van der Waals surface area contributed by atoms with E-state index in [1.165, 1.54) is 11.1 Å². The highest BCUT2D eigenvalue weighted by Crippen LogP contribution is 2.34. The van der Waals surface area contributed by atoms with Gasteiger partial charge in [0.2, 0.25) is 0 Å². The molecule has 2 aromatic carbocycles. The molecule has 1 fully saturated rings. The van der Waals surface area contributed by atoms with Crippen LogP contribution in [0.5, 0.6) is 0 Å². The first-order valence-corrected chi connectivity index (χ1v) is 9.13. The number of benzene rings is 2. The predicted octanol–water partition coefficient (Wildman–Crippen LogP) is 4.06. The summed E-state index contributed by atoms with van der Waals surface area (Å²) in [5.74, 6) is 0.992. The Morgan fingerprint density at radius 3 is 2.68 bits per heavy atom. The molecule has 1 aliphatic heterocycles. The molecule has 0 bridgehead atoms. The summed E-state index contributed by atoms with van der Waals surface area (Å²) in [5.41, 5.74) is 9.69. The number of halogens is 1. The van der Waals surface area contributed by atoms with E-state index in [0.29, 0.717) is 11.8 Å². The molecule has 0 aliphatic carbocycles. The van der Waals surface area contributed by atoms with Crippen LogP contribution in [0.15, 0.2) is 60.8 Å². The van der Waals surface area contributed by atoms with Crippen molar-refractivity contribution in [1.29, 1.82) is 0 Å². The van der Waals surface area contributed by atoms with E-state index in [9.17, 15) is 0 Å². The van der Waals surface area contributed by atoms with Crippen molar-refractivity contribution in [1.82, 2.24) is 9.88 Å². The molecule has 25 heavy (non-hydrogen) atoms. The van der Waals surface area contributed by atoms with Crippen LogP contribution in [0, 0.1) is 5.92 Å². The molecule has 2 heterocycles. The van der Waals surface area contributed by atoms with Crippen molar-refractivity contribution in [3.05, 3.63) is 76.9 Å². The molecule has 1 saturated heterocycles. The molecular weight excluding hydrogens is 330 g/mol. The molecule has 4 rings (SSSR count). The van der Waals surface area contributed by atoms with Crippen molar-refractivity contribution in [2.24, 2.45) is 11.7 Å². The highest BCUT2D eigenvalue weighted by Gasteiger charge is 2.32. The summed E-state index contributed by atoms with van der Waals surface area (Å²) in [6.07, 6.45) is 1.83. The predicted molar refractivity (Wildman–Crippen MR) is 104 cm³/mol. The van der Waals surface area contributed by atoms with Crippen LogP contribution in [0.1, 0.15) is 17.0 Å². The first-order chi connectivity index (χ1) is 12.3. The van der Waals surface area contributed by atoms with Gasteiger partial charge in [-0.2, -0.15) is 0 Å². The number of hydrogen-bond donors (Lipinski definition) is 1. The molecule has 1 aromatic heterocycles. The third-order valence-electron chi connectivity index (χ3n) is 5.24. The van der Waals surface area contributed by atoms with E-state index in [2.05, 4.69) is 46.3 Å². The molecule has 2 atom stereocenters. The van der Waals surface area contributed by atoms with Crippen molar-refractivity contribution < 1.29 is 0 Å². The monoisotopic (exact) mass is 351 g/mol. The van der Waals surface area contributed by atoms with Gasteiger partial charge in [0.1, 0.15) is 0 Å². The second-order valence-corrected chi connectivity index (χ2v) is 7.22. The van der Waals surface area contributed by atoms with Crippen molar-refractivity contribution >= 4 is 22.5 Å². The SMILES string of the molecule is NC[C@@H]1CN(Cc2ccc(Cl)c3cccnc23)C[C@H]1c1ccccc1. The Bertz CT molecular complexity index is 865. The molecule has 128 valence electrons. The van der Waals surface area contributed by atoms with E-state index in [0.717, 1.165) is 42.1 Å². The maximum Gasteiger partial charge on any atom is 0.0761 e. The van der Waals surface area contributed by atoms with Gasteiger partial charge in [0.15, 0.2) is 0 Å². The molecule has 1 aliphatic rings. The van der Waals surface area contributed by atoms with Crippen LogP contribution < -0.4 is 5.73 Å². The normalized spacial score (nSPS) is 21.0. The van der Waals surface area contributed by atoms with Gasteiger partial charge in [-0.15, -0.1) is 0 Å². The molecule has 0 radical (unpaired) electrons. The minimum absolute atomic E-state index is 0.494. The van der Waals surface area contributed by atoms with Crippen LogP contribution in [0.4, 0.5) is 0 Å². The van der Waals surface area contributed by atoms with Gasteiger partial charge in [-0.25, -0.2) is 0 Å². The van der Waals surface area contributed by atoms with E-state index in [4.69, 9.17) is 17.3 Å². The summed E-state index contributed by atoms with van der Waals surface area (Å²) >= 11 is 6.32. The lowest BCUT2D eigenvalue weighted by Gasteiger charge is -2.17. The smallest absolute Gasteiger partial charge is 0.0761 e. The van der Waals surface area contributed by atoms with Crippen LogP contribution in [0.3, 0.4) is 0 Å². The van der Waals surface area contributed by atoms with Gasteiger partial charge in [-0.3, -0.25) is 9.88 Å². The third kappa shape index (κ3) is 3.28. The van der Waals surface area contributed by atoms with Crippen LogP contribution in [0.25, 0.3) is 10.9 Å². The summed E-state index contributed by atoms with van der Waals surface area (Å²) < 4.78 is 0. The Kier molecular flexibility index (Phi) is 4.71. The summed E-state index contributed by atoms with van der Waals surface area (Å²) in [6.45, 7) is 3.65. The lowest BCUT2D eigenvalue weighted by Crippen LogP contribution is -2.23. The Hall–Kier alpha value is -1.94. The number of hydrogen-bond acceptors (Lipinski definition) is 3. The van der Waals surface area contributed by atoms with Crippen LogP contribution >= 0.6 is 11.6 Å². The number of pyridine rings is 1. The molecular formula is C21H22ClN3. The fourth-order valence-electron chi connectivity index (χ4n) is 3.97. The minimum Gasteiger partial charge on any atom is -0.330 e. The Morgan fingerprint density at radius 2 is 1.88 bits per heavy atom. The molecule has 0 spiro atoms. The van der Waals surface area contributed by atoms with Crippen molar-refractivity contribution in [3.8, 4) is 0 Å². The van der Waals surface area contributed by atoms with Gasteiger partial charge in [0, 0.05) is 42.2 Å². The molecule has 3 aromatic rings. The van der Waals surface area contributed by atoms with Gasteiger partial charge >= 0.3 is 0 Å². The number of fused-ring (bicyclic) bond motifs is 1. The molecule has 0 unspecified atom stereocenters. The maximum absolute atomic E-state index is 6.32. The maximum atomic E-state index is 6.32. The topological polar surface area (TPSA) is 42.1 Å². The Morgan fingerprint density at radius 1 is 1.04 bits per heavy atom. The number of aromatic nitrogens is 1. The number of nitrogens with zero attached hydrogens (tertiary/aromatic N) is 2. The summed E-state index contributed by atoms with van der Waals surface area (Å²) in [7, 11) is 0. The third-order valence-corrected chi connectivity index (χ3v) is 5.57. The standard InChI is InChI=1S/C21H22ClN3/c22-20-9-8-16(21-18(20)7-4-10-24-21)12-25-13-17(11-23)19(14-25)15-5-2-1-3-6-15/h1-10,17,19H,11-14,23H2/t17-,19+/m1/s1. The van der Waals surface area contributed by atoms with Crippen molar-refractivity contribution in [3.63, 3.8) is 0 Å². The lowest BCUT2D eigenvalue weighted by atomic mass is 9.89. The van der Waals surface area contributed by atoms with E-state index < -0.39 is 0 Å². The zero-order valence-corrected chi connectivity index (χ0v) is 14.9. The summed E-state index contributed by atoms with van der Waals surface area (Å²) in [6, 6.07) is 18.8. The van der Waals surface area contributed by atoms with E-state index in [1.807, 2.05) is 24.4 Å². The molecule has 0 saturated carbocycles. The minimum atomic E-state index is 0.494. The van der Waals surface area contributed by atoms with Crippen molar-refractivity contribution in [2.45, 2.75) is 12.5 Å². The van der Waals surface area contributed by atoms with Crippen LogP contribution in [-0.2, 0) is 6.54 Å². The first kappa shape index (κ1) is 16.5. The largest absolute Gasteiger partial charge is 0.330 e. The van der Waals surface area contributed by atoms with Gasteiger partial charge < -0.3 is 5.73 Å². The van der Waals surface area contributed by atoms with Gasteiger partial charge in [0.05, 0.1) is 5.52 Å². The zero-order valence-electron chi connectivity index (χ0n) is 14.1. The van der Waals surface area contributed by atoms with Crippen LogP contribution in [0.2, 0.25) is 5.02 Å². The Labute approximate surface area is 153 Å². The van der Waals surface area contributed by atoms with Gasteiger partial charge in [-0.05, 0) is 41.8 Å². The average molecular weight is 352 g/mol. The number of nitrogens with two attached hydrogens (primary N) is 1. The van der Waals surface area contributed by atoms with E-state index in [1.54, 1.807) is 0 Å². The number of rotatable bonds is 4. The highest BCUT2D eigenvalue weighted by atomic mass is 35.5. The molecule has 4 heteroatoms. The number of likely N-dealkylation sites (tertiary alicyclic amines) is 1. The molecule has 3 nitrogen and oxygen atoms in total.